The van der Waals surface area contributed by atoms with Gasteiger partial charge >= 0.3 is 0 Å². The monoisotopic (exact) mass is 308 g/mol. The summed E-state index contributed by atoms with van der Waals surface area (Å²) in [5, 5.41) is 8.98. The van der Waals surface area contributed by atoms with Crippen molar-refractivity contribution >= 4 is 16.9 Å². The number of hydrogen-bond donors (Lipinski definition) is 1. The minimum absolute atomic E-state index is 0.814. The van der Waals surface area contributed by atoms with Crippen molar-refractivity contribution < 1.29 is 0 Å². The molecule has 0 bridgehead atoms. The van der Waals surface area contributed by atoms with Crippen LogP contribution in [-0.4, -0.2) is 45.9 Å². The van der Waals surface area contributed by atoms with Crippen LogP contribution < -0.4 is 10.2 Å². The first-order valence-corrected chi connectivity index (χ1v) is 8.12. The Balaban J connectivity index is 1.89. The second-order valence-corrected chi connectivity index (χ2v) is 5.68. The van der Waals surface area contributed by atoms with Crippen LogP contribution in [-0.2, 0) is 6.42 Å². The molecular formula is C17H20N6. The maximum absolute atomic E-state index is 4.78. The molecule has 6 heteroatoms. The van der Waals surface area contributed by atoms with Crippen molar-refractivity contribution in [2.24, 2.45) is 0 Å². The molecule has 0 radical (unpaired) electrons. The van der Waals surface area contributed by atoms with Crippen LogP contribution >= 0.6 is 0 Å². The standard InChI is InChI=1S/C17H20N6/c1-2-15-20-16(22-10-8-18-9-11-22)14-12-19-23(17(14)21-15)13-6-4-3-5-7-13/h3-7,12,18H,2,8-11H2,1H3. The molecule has 1 saturated heterocycles. The van der Waals surface area contributed by atoms with E-state index in [9.17, 15) is 0 Å². The van der Waals surface area contributed by atoms with Crippen LogP contribution in [0.4, 0.5) is 5.82 Å². The van der Waals surface area contributed by atoms with Crippen LogP contribution in [0.5, 0.6) is 0 Å². The zero-order chi connectivity index (χ0) is 15.6. The molecule has 3 heterocycles. The highest BCUT2D eigenvalue weighted by molar-refractivity contribution is 5.88. The number of nitrogens with zero attached hydrogens (tertiary/aromatic N) is 5. The normalized spacial score (nSPS) is 15.3. The fourth-order valence-corrected chi connectivity index (χ4v) is 2.97. The molecular weight excluding hydrogens is 288 g/mol. The van der Waals surface area contributed by atoms with E-state index < -0.39 is 0 Å². The van der Waals surface area contributed by atoms with Crippen LogP contribution in [0.25, 0.3) is 16.7 Å². The van der Waals surface area contributed by atoms with E-state index in [1.54, 1.807) is 0 Å². The zero-order valence-electron chi connectivity index (χ0n) is 13.2. The fourth-order valence-electron chi connectivity index (χ4n) is 2.97. The van der Waals surface area contributed by atoms with Gasteiger partial charge in [-0.05, 0) is 12.1 Å². The highest BCUT2D eigenvalue weighted by atomic mass is 15.3. The first-order valence-electron chi connectivity index (χ1n) is 8.12. The van der Waals surface area contributed by atoms with Gasteiger partial charge in [-0.2, -0.15) is 5.10 Å². The summed E-state index contributed by atoms with van der Waals surface area (Å²) in [6.45, 7) is 5.99. The first-order chi connectivity index (χ1) is 11.4. The number of nitrogens with one attached hydrogen (secondary N) is 1. The average molecular weight is 308 g/mol. The maximum atomic E-state index is 4.78. The summed E-state index contributed by atoms with van der Waals surface area (Å²) in [6, 6.07) is 10.1. The Morgan fingerprint density at radius 3 is 2.61 bits per heavy atom. The molecule has 1 aromatic carbocycles. The number of aryl methyl sites for hydroxylation is 1. The lowest BCUT2D eigenvalue weighted by atomic mass is 10.3. The summed E-state index contributed by atoms with van der Waals surface area (Å²) in [4.78, 5) is 11.8. The summed E-state index contributed by atoms with van der Waals surface area (Å²) in [7, 11) is 0. The van der Waals surface area contributed by atoms with Gasteiger partial charge in [0.1, 0.15) is 11.6 Å². The molecule has 1 N–H and O–H groups in total. The molecule has 0 unspecified atom stereocenters. The van der Waals surface area contributed by atoms with Gasteiger partial charge in [-0.3, -0.25) is 0 Å². The molecule has 23 heavy (non-hydrogen) atoms. The smallest absolute Gasteiger partial charge is 0.168 e. The molecule has 1 fully saturated rings. The predicted octanol–water partition coefficient (Wildman–Crippen LogP) is 1.79. The Hall–Kier alpha value is -2.47. The molecule has 118 valence electrons. The van der Waals surface area contributed by atoms with Gasteiger partial charge in [0.25, 0.3) is 0 Å². The fraction of sp³-hybridized carbons (Fsp3) is 0.353. The number of hydrogen-bond acceptors (Lipinski definition) is 5. The van der Waals surface area contributed by atoms with E-state index in [0.29, 0.717) is 0 Å². The summed E-state index contributed by atoms with van der Waals surface area (Å²) in [6.07, 6.45) is 2.70. The second kappa shape index (κ2) is 5.96. The van der Waals surface area contributed by atoms with Gasteiger partial charge in [0.05, 0.1) is 17.3 Å². The molecule has 4 rings (SSSR count). The van der Waals surface area contributed by atoms with Gasteiger partial charge < -0.3 is 10.2 Å². The molecule has 0 aliphatic carbocycles. The lowest BCUT2D eigenvalue weighted by Gasteiger charge is -2.29. The Morgan fingerprint density at radius 1 is 1.09 bits per heavy atom. The molecule has 3 aromatic rings. The molecule has 1 aliphatic heterocycles. The van der Waals surface area contributed by atoms with Crippen molar-refractivity contribution in [2.75, 3.05) is 31.1 Å². The van der Waals surface area contributed by atoms with Crippen molar-refractivity contribution in [2.45, 2.75) is 13.3 Å². The third-order valence-corrected chi connectivity index (χ3v) is 4.19. The van der Waals surface area contributed by atoms with E-state index >= 15 is 0 Å². The zero-order valence-corrected chi connectivity index (χ0v) is 13.2. The van der Waals surface area contributed by atoms with E-state index in [2.05, 4.69) is 22.2 Å². The van der Waals surface area contributed by atoms with Gasteiger partial charge in [0, 0.05) is 32.6 Å². The number of piperazine rings is 1. The van der Waals surface area contributed by atoms with Gasteiger partial charge in [0.15, 0.2) is 5.65 Å². The topological polar surface area (TPSA) is 58.9 Å². The van der Waals surface area contributed by atoms with Crippen LogP contribution in [0.15, 0.2) is 36.5 Å². The minimum Gasteiger partial charge on any atom is -0.353 e. The molecule has 0 amide bonds. The third-order valence-electron chi connectivity index (χ3n) is 4.19. The molecule has 0 spiro atoms. The summed E-state index contributed by atoms with van der Waals surface area (Å²) in [5.74, 6) is 1.87. The number of rotatable bonds is 3. The SMILES string of the molecule is CCc1nc(N2CCNCC2)c2cnn(-c3ccccc3)c2n1. The van der Waals surface area contributed by atoms with Crippen molar-refractivity contribution in [1.29, 1.82) is 0 Å². The number of aromatic nitrogens is 4. The maximum Gasteiger partial charge on any atom is 0.168 e. The quantitative estimate of drug-likeness (QED) is 0.799. The Labute approximate surface area is 135 Å². The minimum atomic E-state index is 0.814. The lowest BCUT2D eigenvalue weighted by molar-refractivity contribution is 0.585. The molecule has 2 aromatic heterocycles. The summed E-state index contributed by atoms with van der Waals surface area (Å²) < 4.78 is 1.90. The van der Waals surface area contributed by atoms with E-state index in [1.807, 2.05) is 41.2 Å². The van der Waals surface area contributed by atoms with E-state index in [-0.39, 0.29) is 0 Å². The number of benzene rings is 1. The van der Waals surface area contributed by atoms with E-state index in [1.165, 1.54) is 0 Å². The second-order valence-electron chi connectivity index (χ2n) is 5.68. The third kappa shape index (κ3) is 2.55. The van der Waals surface area contributed by atoms with Gasteiger partial charge in [0.2, 0.25) is 0 Å². The van der Waals surface area contributed by atoms with Crippen LogP contribution in [0.1, 0.15) is 12.7 Å². The highest BCUT2D eigenvalue weighted by Crippen LogP contribution is 2.26. The van der Waals surface area contributed by atoms with Crippen LogP contribution in [0, 0.1) is 0 Å². The molecule has 6 nitrogen and oxygen atoms in total. The molecule has 1 aliphatic rings. The molecule has 0 saturated carbocycles. The lowest BCUT2D eigenvalue weighted by Crippen LogP contribution is -2.44. The van der Waals surface area contributed by atoms with E-state index in [4.69, 9.17) is 9.97 Å². The highest BCUT2D eigenvalue weighted by Gasteiger charge is 2.19. The van der Waals surface area contributed by atoms with Crippen molar-refractivity contribution in [1.82, 2.24) is 25.1 Å². The number of para-hydroxylation sites is 1. The average Bonchev–Trinajstić information content (AvgIpc) is 3.06. The molecule has 0 atom stereocenters. The van der Waals surface area contributed by atoms with Crippen molar-refractivity contribution in [3.05, 3.63) is 42.4 Å². The van der Waals surface area contributed by atoms with E-state index in [0.717, 1.165) is 61.0 Å². The summed E-state index contributed by atoms with van der Waals surface area (Å²) in [5.41, 5.74) is 1.91. The number of fused-ring (bicyclic) bond motifs is 1. The van der Waals surface area contributed by atoms with Crippen LogP contribution in [0.3, 0.4) is 0 Å². The number of anilines is 1. The van der Waals surface area contributed by atoms with Gasteiger partial charge in [-0.1, -0.05) is 25.1 Å². The predicted molar refractivity (Wildman–Crippen MR) is 91.1 cm³/mol. The largest absolute Gasteiger partial charge is 0.353 e. The van der Waals surface area contributed by atoms with Gasteiger partial charge in [-0.15, -0.1) is 0 Å². The van der Waals surface area contributed by atoms with Gasteiger partial charge in [-0.25, -0.2) is 14.6 Å². The van der Waals surface area contributed by atoms with Crippen molar-refractivity contribution in [3.63, 3.8) is 0 Å². The first kappa shape index (κ1) is 14.1. The Morgan fingerprint density at radius 2 is 1.87 bits per heavy atom. The summed E-state index contributed by atoms with van der Waals surface area (Å²) >= 11 is 0. The Kier molecular flexibility index (Phi) is 3.67. The van der Waals surface area contributed by atoms with Crippen LogP contribution in [0.2, 0.25) is 0 Å². The Bertz CT molecular complexity index is 805. The van der Waals surface area contributed by atoms with Crippen molar-refractivity contribution in [3.8, 4) is 5.69 Å².